The Labute approximate surface area is 134 Å². The number of halogens is 1. The zero-order chi connectivity index (χ0) is 15.2. The molecule has 1 heterocycles. The van der Waals surface area contributed by atoms with Crippen LogP contribution in [0.5, 0.6) is 0 Å². The summed E-state index contributed by atoms with van der Waals surface area (Å²) in [7, 11) is 0. The molecule has 116 valence electrons. The molecule has 4 nitrogen and oxygen atoms in total. The highest BCUT2D eigenvalue weighted by Crippen LogP contribution is 2.20. The van der Waals surface area contributed by atoms with Crippen LogP contribution in [0.15, 0.2) is 22.7 Å². The Morgan fingerprint density at radius 1 is 1.43 bits per heavy atom. The van der Waals surface area contributed by atoms with Crippen molar-refractivity contribution >= 4 is 21.8 Å². The van der Waals surface area contributed by atoms with Crippen LogP contribution >= 0.6 is 15.9 Å². The van der Waals surface area contributed by atoms with Crippen LogP contribution in [0.25, 0.3) is 0 Å². The van der Waals surface area contributed by atoms with Crippen LogP contribution < -0.4 is 5.73 Å². The standard InChI is InChI=1S/C16H23BrN2O2/c1-12-11-13(17)3-4-15(12)16(20)19-8-5-14(6-9-19)21-10-2-7-18/h3-4,11,14H,2,5-10,18H2,1H3. The molecule has 1 aromatic carbocycles. The minimum atomic E-state index is 0.125. The molecule has 1 aromatic rings. The van der Waals surface area contributed by atoms with Crippen LogP contribution in [0.1, 0.15) is 35.2 Å². The van der Waals surface area contributed by atoms with Gasteiger partial charge < -0.3 is 15.4 Å². The predicted molar refractivity (Wildman–Crippen MR) is 87.4 cm³/mol. The minimum absolute atomic E-state index is 0.125. The van der Waals surface area contributed by atoms with E-state index >= 15 is 0 Å². The molecule has 0 aliphatic carbocycles. The van der Waals surface area contributed by atoms with E-state index in [2.05, 4.69) is 15.9 Å². The quantitative estimate of drug-likeness (QED) is 0.827. The van der Waals surface area contributed by atoms with Gasteiger partial charge in [0.15, 0.2) is 0 Å². The summed E-state index contributed by atoms with van der Waals surface area (Å²) < 4.78 is 6.78. The average Bonchev–Trinajstić information content (AvgIpc) is 2.48. The van der Waals surface area contributed by atoms with E-state index in [4.69, 9.17) is 10.5 Å². The van der Waals surface area contributed by atoms with Gasteiger partial charge in [-0.3, -0.25) is 4.79 Å². The second-order valence-corrected chi connectivity index (χ2v) is 6.38. The molecule has 1 aliphatic heterocycles. The summed E-state index contributed by atoms with van der Waals surface area (Å²) in [5.41, 5.74) is 7.26. The van der Waals surface area contributed by atoms with E-state index in [9.17, 15) is 4.79 Å². The van der Waals surface area contributed by atoms with Gasteiger partial charge in [-0.2, -0.15) is 0 Å². The van der Waals surface area contributed by atoms with Crippen LogP contribution in [0.3, 0.4) is 0 Å². The number of carbonyl (C=O) groups is 1. The van der Waals surface area contributed by atoms with Gasteiger partial charge in [-0.1, -0.05) is 15.9 Å². The number of hydrogen-bond acceptors (Lipinski definition) is 3. The molecule has 1 saturated heterocycles. The molecule has 21 heavy (non-hydrogen) atoms. The van der Waals surface area contributed by atoms with Gasteiger partial charge in [-0.05, 0) is 56.5 Å². The molecule has 1 aliphatic rings. The number of rotatable bonds is 5. The third kappa shape index (κ3) is 4.53. The smallest absolute Gasteiger partial charge is 0.254 e. The number of aryl methyl sites for hydroxylation is 1. The van der Waals surface area contributed by atoms with Crippen LogP contribution in [-0.4, -0.2) is 43.2 Å². The molecule has 1 amide bonds. The van der Waals surface area contributed by atoms with Gasteiger partial charge in [0.1, 0.15) is 0 Å². The first-order valence-corrected chi connectivity index (χ1v) is 8.28. The van der Waals surface area contributed by atoms with Crippen LogP contribution in [-0.2, 0) is 4.74 Å². The molecule has 0 unspecified atom stereocenters. The van der Waals surface area contributed by atoms with Gasteiger partial charge in [0, 0.05) is 29.7 Å². The normalized spacial score (nSPS) is 16.2. The first-order chi connectivity index (χ1) is 10.1. The lowest BCUT2D eigenvalue weighted by molar-refractivity contribution is 0.00843. The summed E-state index contributed by atoms with van der Waals surface area (Å²) in [4.78, 5) is 14.5. The summed E-state index contributed by atoms with van der Waals surface area (Å²) in [6.45, 7) is 4.89. The average molecular weight is 355 g/mol. The number of hydrogen-bond donors (Lipinski definition) is 1. The van der Waals surface area contributed by atoms with E-state index in [-0.39, 0.29) is 12.0 Å². The molecule has 0 spiro atoms. The third-order valence-corrected chi connectivity index (χ3v) is 4.34. The van der Waals surface area contributed by atoms with Crippen molar-refractivity contribution in [2.75, 3.05) is 26.2 Å². The van der Waals surface area contributed by atoms with E-state index in [0.717, 1.165) is 54.6 Å². The van der Waals surface area contributed by atoms with E-state index in [1.54, 1.807) is 0 Å². The summed E-state index contributed by atoms with van der Waals surface area (Å²) >= 11 is 3.43. The van der Waals surface area contributed by atoms with Crippen molar-refractivity contribution in [2.24, 2.45) is 5.73 Å². The SMILES string of the molecule is Cc1cc(Br)ccc1C(=O)N1CCC(OCCCN)CC1. The van der Waals surface area contributed by atoms with Crippen LogP contribution in [0.4, 0.5) is 0 Å². The van der Waals surface area contributed by atoms with Crippen molar-refractivity contribution in [3.63, 3.8) is 0 Å². The van der Waals surface area contributed by atoms with Gasteiger partial charge in [0.25, 0.3) is 5.91 Å². The molecule has 2 rings (SSSR count). The number of carbonyl (C=O) groups excluding carboxylic acids is 1. The fourth-order valence-corrected chi connectivity index (χ4v) is 3.07. The fraction of sp³-hybridized carbons (Fsp3) is 0.562. The number of nitrogens with two attached hydrogens (primary N) is 1. The first-order valence-electron chi connectivity index (χ1n) is 7.49. The van der Waals surface area contributed by atoms with Crippen molar-refractivity contribution in [3.05, 3.63) is 33.8 Å². The lowest BCUT2D eigenvalue weighted by atomic mass is 10.0. The maximum absolute atomic E-state index is 12.6. The second-order valence-electron chi connectivity index (χ2n) is 5.46. The number of piperidine rings is 1. The molecule has 2 N–H and O–H groups in total. The monoisotopic (exact) mass is 354 g/mol. The summed E-state index contributed by atoms with van der Waals surface area (Å²) in [6, 6.07) is 5.80. The van der Waals surface area contributed by atoms with Crippen molar-refractivity contribution in [1.29, 1.82) is 0 Å². The van der Waals surface area contributed by atoms with Gasteiger partial charge in [0.05, 0.1) is 6.10 Å². The molecule has 0 radical (unpaired) electrons. The summed E-state index contributed by atoms with van der Waals surface area (Å²) in [6.07, 6.45) is 2.99. The van der Waals surface area contributed by atoms with E-state index in [0.29, 0.717) is 6.54 Å². The topological polar surface area (TPSA) is 55.6 Å². The summed E-state index contributed by atoms with van der Waals surface area (Å²) in [5, 5.41) is 0. The predicted octanol–water partition coefficient (Wildman–Crippen LogP) is 2.73. The number of ether oxygens (including phenoxy) is 1. The lowest BCUT2D eigenvalue weighted by Gasteiger charge is -2.32. The highest BCUT2D eigenvalue weighted by molar-refractivity contribution is 9.10. The Bertz CT molecular complexity index is 485. The Hall–Kier alpha value is -0.910. The van der Waals surface area contributed by atoms with Gasteiger partial charge in [-0.25, -0.2) is 0 Å². The molecule has 0 aromatic heterocycles. The maximum Gasteiger partial charge on any atom is 0.254 e. The Morgan fingerprint density at radius 3 is 2.76 bits per heavy atom. The van der Waals surface area contributed by atoms with E-state index in [1.807, 2.05) is 30.0 Å². The number of nitrogens with zero attached hydrogens (tertiary/aromatic N) is 1. The minimum Gasteiger partial charge on any atom is -0.378 e. The molecule has 0 atom stereocenters. The maximum atomic E-state index is 12.6. The zero-order valence-electron chi connectivity index (χ0n) is 12.5. The van der Waals surface area contributed by atoms with Gasteiger partial charge in [0.2, 0.25) is 0 Å². The van der Waals surface area contributed by atoms with Crippen LogP contribution in [0.2, 0.25) is 0 Å². The van der Waals surface area contributed by atoms with Crippen molar-refractivity contribution in [1.82, 2.24) is 4.90 Å². The van der Waals surface area contributed by atoms with Gasteiger partial charge >= 0.3 is 0 Å². The number of benzene rings is 1. The largest absolute Gasteiger partial charge is 0.378 e. The Balaban J connectivity index is 1.88. The molecule has 1 fully saturated rings. The highest BCUT2D eigenvalue weighted by Gasteiger charge is 2.24. The Kier molecular flexibility index (Phi) is 6.21. The number of amides is 1. The third-order valence-electron chi connectivity index (χ3n) is 3.85. The van der Waals surface area contributed by atoms with E-state index in [1.165, 1.54) is 0 Å². The van der Waals surface area contributed by atoms with Crippen molar-refractivity contribution in [3.8, 4) is 0 Å². The van der Waals surface area contributed by atoms with Gasteiger partial charge in [-0.15, -0.1) is 0 Å². The van der Waals surface area contributed by atoms with Crippen molar-refractivity contribution < 1.29 is 9.53 Å². The zero-order valence-corrected chi connectivity index (χ0v) is 14.1. The first kappa shape index (κ1) is 16.5. The Morgan fingerprint density at radius 2 is 2.14 bits per heavy atom. The molecule has 5 heteroatoms. The van der Waals surface area contributed by atoms with Crippen molar-refractivity contribution in [2.45, 2.75) is 32.3 Å². The molecule has 0 bridgehead atoms. The second kappa shape index (κ2) is 7.92. The molecular formula is C16H23BrN2O2. The number of likely N-dealkylation sites (tertiary alicyclic amines) is 1. The highest BCUT2D eigenvalue weighted by atomic mass is 79.9. The van der Waals surface area contributed by atoms with Crippen LogP contribution in [0, 0.1) is 6.92 Å². The molecular weight excluding hydrogens is 332 g/mol. The lowest BCUT2D eigenvalue weighted by Crippen LogP contribution is -2.41. The summed E-state index contributed by atoms with van der Waals surface area (Å²) in [5.74, 6) is 0.125. The fourth-order valence-electron chi connectivity index (χ4n) is 2.60. The molecule has 0 saturated carbocycles. The van der Waals surface area contributed by atoms with E-state index < -0.39 is 0 Å².